The Morgan fingerprint density at radius 1 is 1.41 bits per heavy atom. The summed E-state index contributed by atoms with van der Waals surface area (Å²) in [6, 6.07) is 2.33. The quantitative estimate of drug-likeness (QED) is 0.644. The van der Waals surface area contributed by atoms with Gasteiger partial charge in [-0.25, -0.2) is 4.79 Å². The molecule has 0 radical (unpaired) electrons. The van der Waals surface area contributed by atoms with Crippen molar-refractivity contribution in [1.29, 1.82) is 0 Å². The van der Waals surface area contributed by atoms with Crippen molar-refractivity contribution in [1.82, 2.24) is 10.6 Å². The second-order valence-electron chi connectivity index (χ2n) is 4.21. The van der Waals surface area contributed by atoms with Gasteiger partial charge in [0.05, 0.1) is 13.7 Å². The van der Waals surface area contributed by atoms with Crippen LogP contribution in [-0.2, 0) is 14.3 Å². The fourth-order valence-electron chi connectivity index (χ4n) is 1.56. The van der Waals surface area contributed by atoms with Crippen molar-refractivity contribution in [2.24, 2.45) is 0 Å². The molecule has 122 valence electrons. The van der Waals surface area contributed by atoms with Gasteiger partial charge in [-0.15, -0.1) is 0 Å². The van der Waals surface area contributed by atoms with Crippen LogP contribution in [0.1, 0.15) is 17.0 Å². The minimum atomic E-state index is -0.723. The Kier molecular flexibility index (Phi) is 8.03. The fraction of sp³-hybridized carbons (Fsp3) is 0.462. The van der Waals surface area contributed by atoms with Crippen molar-refractivity contribution >= 4 is 45.5 Å². The maximum atomic E-state index is 11.8. The van der Waals surface area contributed by atoms with E-state index in [0.717, 1.165) is 0 Å². The zero-order valence-corrected chi connectivity index (χ0v) is 14.6. The van der Waals surface area contributed by atoms with Crippen molar-refractivity contribution in [2.75, 3.05) is 25.7 Å². The summed E-state index contributed by atoms with van der Waals surface area (Å²) in [7, 11) is 1.26. The van der Waals surface area contributed by atoms with Gasteiger partial charge in [-0.3, -0.25) is 9.59 Å². The van der Waals surface area contributed by atoms with Gasteiger partial charge in [0.1, 0.15) is 6.04 Å². The molecule has 0 spiro atoms. The molecule has 1 aromatic rings. The SMILES string of the molecule is COC(=O)[C@H](CCSC)NC(=O)CNC(=O)c1ccc(Br)o1. The van der Waals surface area contributed by atoms with Gasteiger partial charge in [0.15, 0.2) is 10.4 Å². The van der Waals surface area contributed by atoms with Crippen LogP contribution in [0, 0.1) is 0 Å². The van der Waals surface area contributed by atoms with Gasteiger partial charge in [0.2, 0.25) is 5.91 Å². The number of thioether (sulfide) groups is 1. The maximum Gasteiger partial charge on any atom is 0.328 e. The van der Waals surface area contributed by atoms with Crippen LogP contribution in [0.25, 0.3) is 0 Å². The predicted molar refractivity (Wildman–Crippen MR) is 85.7 cm³/mol. The van der Waals surface area contributed by atoms with E-state index in [1.54, 1.807) is 17.8 Å². The van der Waals surface area contributed by atoms with Crippen LogP contribution in [-0.4, -0.2) is 49.5 Å². The van der Waals surface area contributed by atoms with Gasteiger partial charge >= 0.3 is 5.97 Å². The van der Waals surface area contributed by atoms with Gasteiger partial charge in [-0.1, -0.05) is 0 Å². The average molecular weight is 393 g/mol. The van der Waals surface area contributed by atoms with Crippen molar-refractivity contribution in [3.63, 3.8) is 0 Å². The third kappa shape index (κ3) is 6.10. The van der Waals surface area contributed by atoms with E-state index in [4.69, 9.17) is 4.42 Å². The molecule has 0 unspecified atom stereocenters. The number of halogens is 1. The number of ether oxygens (including phenoxy) is 1. The molecule has 7 nitrogen and oxygen atoms in total. The number of methoxy groups -OCH3 is 1. The van der Waals surface area contributed by atoms with Crippen LogP contribution in [0.15, 0.2) is 21.2 Å². The molecule has 1 rings (SSSR count). The number of rotatable bonds is 8. The van der Waals surface area contributed by atoms with Gasteiger partial charge in [0.25, 0.3) is 5.91 Å². The first kappa shape index (κ1) is 18.6. The summed E-state index contributed by atoms with van der Waals surface area (Å²) in [4.78, 5) is 35.1. The lowest BCUT2D eigenvalue weighted by Gasteiger charge is -2.16. The highest BCUT2D eigenvalue weighted by atomic mass is 79.9. The standard InChI is InChI=1S/C13H17BrN2O5S/c1-20-13(19)8(5-6-22-2)16-11(17)7-15-12(18)9-3-4-10(14)21-9/h3-4,8H,5-7H2,1-2H3,(H,15,18)(H,16,17)/t8-/m0/s1. The molecular weight excluding hydrogens is 376 g/mol. The topological polar surface area (TPSA) is 97.6 Å². The van der Waals surface area contributed by atoms with Crippen LogP contribution in [0.3, 0.4) is 0 Å². The number of furan rings is 1. The highest BCUT2D eigenvalue weighted by molar-refractivity contribution is 9.10. The summed E-state index contributed by atoms with van der Waals surface area (Å²) >= 11 is 4.64. The monoisotopic (exact) mass is 392 g/mol. The molecule has 0 fully saturated rings. The molecule has 9 heteroatoms. The van der Waals surface area contributed by atoms with E-state index in [1.807, 2.05) is 6.26 Å². The number of hydrogen-bond acceptors (Lipinski definition) is 6. The van der Waals surface area contributed by atoms with Gasteiger partial charge in [-0.2, -0.15) is 11.8 Å². The number of carbonyl (C=O) groups is 3. The lowest BCUT2D eigenvalue weighted by atomic mass is 10.2. The predicted octanol–water partition coefficient (Wildman–Crippen LogP) is 1.18. The molecule has 0 bridgehead atoms. The molecule has 22 heavy (non-hydrogen) atoms. The third-order valence-electron chi connectivity index (χ3n) is 2.64. The Labute approximate surface area is 140 Å². The Bertz CT molecular complexity index is 534. The number of hydrogen-bond donors (Lipinski definition) is 2. The van der Waals surface area contributed by atoms with Crippen LogP contribution in [0.2, 0.25) is 0 Å². The maximum absolute atomic E-state index is 11.8. The van der Waals surface area contributed by atoms with E-state index in [2.05, 4.69) is 31.3 Å². The molecule has 0 saturated carbocycles. The first-order valence-electron chi connectivity index (χ1n) is 6.37. The van der Waals surface area contributed by atoms with E-state index in [1.165, 1.54) is 13.2 Å². The lowest BCUT2D eigenvalue weighted by Crippen LogP contribution is -2.46. The summed E-state index contributed by atoms with van der Waals surface area (Å²) in [5, 5.41) is 4.94. The normalized spacial score (nSPS) is 11.6. The molecule has 0 aromatic carbocycles. The molecule has 1 heterocycles. The molecular formula is C13H17BrN2O5S. The van der Waals surface area contributed by atoms with Crippen molar-refractivity contribution < 1.29 is 23.5 Å². The second-order valence-corrected chi connectivity index (χ2v) is 5.98. The van der Waals surface area contributed by atoms with E-state index >= 15 is 0 Å². The Morgan fingerprint density at radius 3 is 2.68 bits per heavy atom. The Balaban J connectivity index is 2.46. The first-order valence-corrected chi connectivity index (χ1v) is 8.56. The molecule has 0 saturated heterocycles. The molecule has 0 aliphatic rings. The van der Waals surface area contributed by atoms with Crippen LogP contribution in [0.4, 0.5) is 0 Å². The van der Waals surface area contributed by atoms with Crippen LogP contribution < -0.4 is 10.6 Å². The molecule has 1 aromatic heterocycles. The van der Waals surface area contributed by atoms with Crippen molar-refractivity contribution in [3.05, 3.63) is 22.6 Å². The average Bonchev–Trinajstić information content (AvgIpc) is 2.94. The van der Waals surface area contributed by atoms with E-state index in [-0.39, 0.29) is 12.3 Å². The second kappa shape index (κ2) is 9.52. The summed E-state index contributed by atoms with van der Waals surface area (Å²) < 4.78 is 10.1. The molecule has 2 N–H and O–H groups in total. The molecule has 0 aliphatic carbocycles. The number of carbonyl (C=O) groups excluding carboxylic acids is 3. The van der Waals surface area contributed by atoms with Gasteiger partial charge in [0, 0.05) is 0 Å². The fourth-order valence-corrected chi connectivity index (χ4v) is 2.33. The lowest BCUT2D eigenvalue weighted by molar-refractivity contribution is -0.145. The zero-order chi connectivity index (χ0) is 16.5. The summed E-state index contributed by atoms with van der Waals surface area (Å²) in [6.07, 6.45) is 2.36. The van der Waals surface area contributed by atoms with Crippen LogP contribution >= 0.6 is 27.7 Å². The van der Waals surface area contributed by atoms with Crippen LogP contribution in [0.5, 0.6) is 0 Å². The molecule has 2 amide bonds. The number of nitrogens with one attached hydrogen (secondary N) is 2. The van der Waals surface area contributed by atoms with E-state index in [0.29, 0.717) is 16.8 Å². The molecule has 0 aliphatic heterocycles. The largest absolute Gasteiger partial charge is 0.467 e. The van der Waals surface area contributed by atoms with Gasteiger partial charge < -0.3 is 19.8 Å². The summed E-state index contributed by atoms with van der Waals surface area (Å²) in [6.45, 7) is -0.260. The number of amides is 2. The van der Waals surface area contributed by atoms with Gasteiger partial charge in [-0.05, 0) is 46.5 Å². The highest BCUT2D eigenvalue weighted by Crippen LogP contribution is 2.13. The zero-order valence-electron chi connectivity index (χ0n) is 12.2. The van der Waals surface area contributed by atoms with E-state index in [9.17, 15) is 14.4 Å². The highest BCUT2D eigenvalue weighted by Gasteiger charge is 2.21. The molecule has 1 atom stereocenters. The number of esters is 1. The van der Waals surface area contributed by atoms with E-state index < -0.39 is 23.8 Å². The first-order chi connectivity index (χ1) is 10.5. The third-order valence-corrected chi connectivity index (χ3v) is 3.71. The minimum absolute atomic E-state index is 0.0894. The summed E-state index contributed by atoms with van der Waals surface area (Å²) in [5.74, 6) is -0.711. The van der Waals surface area contributed by atoms with Crippen molar-refractivity contribution in [2.45, 2.75) is 12.5 Å². The Morgan fingerprint density at radius 2 is 2.14 bits per heavy atom. The smallest absolute Gasteiger partial charge is 0.328 e. The van der Waals surface area contributed by atoms with Crippen molar-refractivity contribution in [3.8, 4) is 0 Å². The Hall–Kier alpha value is -1.48. The minimum Gasteiger partial charge on any atom is -0.467 e. The summed E-state index contributed by atoms with van der Waals surface area (Å²) in [5.41, 5.74) is 0.